The van der Waals surface area contributed by atoms with Gasteiger partial charge in [-0.25, -0.2) is 0 Å². The Morgan fingerprint density at radius 2 is 2.00 bits per heavy atom. The maximum Gasteiger partial charge on any atom is 0.0363 e. The Kier molecular flexibility index (Phi) is 5.64. The van der Waals surface area contributed by atoms with E-state index in [1.165, 1.54) is 32.1 Å². The van der Waals surface area contributed by atoms with Crippen molar-refractivity contribution >= 4 is 10.8 Å². The summed E-state index contributed by atoms with van der Waals surface area (Å²) in [4.78, 5) is 2.49. The number of nitrogens with zero attached hydrogens (tertiary/aromatic N) is 1. The SMILES string of the molecule is CCCC1CCC(N)C(CN2CCS(=O)CC2)C1. The van der Waals surface area contributed by atoms with Gasteiger partial charge in [-0.3, -0.25) is 4.21 Å². The average Bonchev–Trinajstić information content (AvgIpc) is 2.36. The van der Waals surface area contributed by atoms with Crippen molar-refractivity contribution in [3.8, 4) is 0 Å². The molecule has 1 saturated carbocycles. The van der Waals surface area contributed by atoms with Gasteiger partial charge in [-0.2, -0.15) is 0 Å². The Balaban J connectivity index is 1.80. The fraction of sp³-hybridized carbons (Fsp3) is 1.00. The van der Waals surface area contributed by atoms with Crippen LogP contribution in [-0.2, 0) is 10.8 Å². The van der Waals surface area contributed by atoms with E-state index in [9.17, 15) is 4.21 Å². The van der Waals surface area contributed by atoms with Gasteiger partial charge in [-0.15, -0.1) is 0 Å². The van der Waals surface area contributed by atoms with Crippen LogP contribution >= 0.6 is 0 Å². The Bertz CT molecular complexity index is 275. The smallest absolute Gasteiger partial charge is 0.0363 e. The van der Waals surface area contributed by atoms with Gasteiger partial charge in [0.2, 0.25) is 0 Å². The summed E-state index contributed by atoms with van der Waals surface area (Å²) in [5.74, 6) is 3.29. The largest absolute Gasteiger partial charge is 0.327 e. The van der Waals surface area contributed by atoms with Crippen LogP contribution in [0.4, 0.5) is 0 Å². The van der Waals surface area contributed by atoms with Crippen molar-refractivity contribution in [2.24, 2.45) is 17.6 Å². The highest BCUT2D eigenvalue weighted by atomic mass is 32.2. The second-order valence-electron chi connectivity index (χ2n) is 6.04. The molecular weight excluding hydrogens is 244 g/mol. The zero-order valence-electron chi connectivity index (χ0n) is 11.6. The number of nitrogens with two attached hydrogens (primary N) is 1. The first-order valence-corrected chi connectivity index (χ1v) is 9.00. The van der Waals surface area contributed by atoms with Gasteiger partial charge in [-0.05, 0) is 31.1 Å². The lowest BCUT2D eigenvalue weighted by molar-refractivity contribution is 0.158. The van der Waals surface area contributed by atoms with Gasteiger partial charge in [0.05, 0.1) is 0 Å². The highest BCUT2D eigenvalue weighted by Crippen LogP contribution is 2.31. The Hall–Kier alpha value is 0.0700. The third-order valence-corrected chi connectivity index (χ3v) is 5.89. The molecule has 3 unspecified atom stereocenters. The minimum atomic E-state index is -0.559. The Morgan fingerprint density at radius 1 is 1.28 bits per heavy atom. The summed E-state index contributed by atoms with van der Waals surface area (Å²) in [6.45, 7) is 5.44. The molecule has 0 bridgehead atoms. The van der Waals surface area contributed by atoms with Crippen molar-refractivity contribution in [3.05, 3.63) is 0 Å². The van der Waals surface area contributed by atoms with Crippen LogP contribution in [0.25, 0.3) is 0 Å². The van der Waals surface area contributed by atoms with Crippen LogP contribution in [0.1, 0.15) is 39.0 Å². The van der Waals surface area contributed by atoms with E-state index in [1.807, 2.05) is 0 Å². The molecule has 106 valence electrons. The highest BCUT2D eigenvalue weighted by molar-refractivity contribution is 7.85. The van der Waals surface area contributed by atoms with Gasteiger partial charge < -0.3 is 10.6 Å². The molecule has 0 spiro atoms. The van der Waals surface area contributed by atoms with Crippen LogP contribution in [0, 0.1) is 11.8 Å². The molecule has 2 aliphatic rings. The molecule has 2 N–H and O–H groups in total. The van der Waals surface area contributed by atoms with Gasteiger partial charge in [0.15, 0.2) is 0 Å². The summed E-state index contributed by atoms with van der Waals surface area (Å²) in [5.41, 5.74) is 6.30. The standard InChI is InChI=1S/C14H28N2OS/c1-2-3-12-4-5-14(15)13(10-12)11-16-6-8-18(17)9-7-16/h12-14H,2-11,15H2,1H3. The van der Waals surface area contributed by atoms with Crippen molar-refractivity contribution in [3.63, 3.8) is 0 Å². The lowest BCUT2D eigenvalue weighted by Gasteiger charge is -2.38. The van der Waals surface area contributed by atoms with Crippen LogP contribution in [0.5, 0.6) is 0 Å². The molecule has 18 heavy (non-hydrogen) atoms. The monoisotopic (exact) mass is 272 g/mol. The molecule has 1 aliphatic carbocycles. The minimum Gasteiger partial charge on any atom is -0.327 e. The topological polar surface area (TPSA) is 46.3 Å². The summed E-state index contributed by atoms with van der Waals surface area (Å²) in [5, 5.41) is 0. The van der Waals surface area contributed by atoms with Crippen LogP contribution in [-0.4, -0.2) is 46.3 Å². The third-order valence-electron chi connectivity index (χ3n) is 4.61. The first kappa shape index (κ1) is 14.5. The molecule has 1 heterocycles. The normalized spacial score (nSPS) is 35.8. The van der Waals surface area contributed by atoms with Gasteiger partial charge in [0.1, 0.15) is 0 Å². The highest BCUT2D eigenvalue weighted by Gasteiger charge is 2.29. The maximum atomic E-state index is 11.4. The lowest BCUT2D eigenvalue weighted by Crippen LogP contribution is -2.46. The number of hydrogen-bond donors (Lipinski definition) is 1. The molecule has 3 atom stereocenters. The van der Waals surface area contributed by atoms with E-state index >= 15 is 0 Å². The van der Waals surface area contributed by atoms with Crippen LogP contribution in [0.2, 0.25) is 0 Å². The molecule has 1 aliphatic heterocycles. The lowest BCUT2D eigenvalue weighted by atomic mass is 9.76. The minimum absolute atomic E-state index is 0.394. The van der Waals surface area contributed by atoms with E-state index in [0.29, 0.717) is 12.0 Å². The molecular formula is C14H28N2OS. The molecule has 0 aromatic rings. The van der Waals surface area contributed by atoms with Gasteiger partial charge >= 0.3 is 0 Å². The van der Waals surface area contributed by atoms with Crippen molar-refractivity contribution in [2.45, 2.75) is 45.1 Å². The van der Waals surface area contributed by atoms with E-state index in [-0.39, 0.29) is 0 Å². The quantitative estimate of drug-likeness (QED) is 0.845. The number of rotatable bonds is 4. The molecule has 0 radical (unpaired) electrons. The van der Waals surface area contributed by atoms with Gasteiger partial charge in [0, 0.05) is 48.0 Å². The zero-order valence-corrected chi connectivity index (χ0v) is 12.5. The van der Waals surface area contributed by atoms with Crippen LogP contribution in [0.15, 0.2) is 0 Å². The first-order valence-electron chi connectivity index (χ1n) is 7.52. The molecule has 0 aromatic heterocycles. The van der Waals surface area contributed by atoms with Crippen molar-refractivity contribution in [2.75, 3.05) is 31.1 Å². The van der Waals surface area contributed by atoms with E-state index in [1.54, 1.807) is 0 Å². The first-order chi connectivity index (χ1) is 8.69. The number of hydrogen-bond acceptors (Lipinski definition) is 3. The predicted octanol–water partition coefficient (Wildman–Crippen LogP) is 1.59. The zero-order chi connectivity index (χ0) is 13.0. The Labute approximate surface area is 114 Å². The maximum absolute atomic E-state index is 11.4. The molecule has 3 nitrogen and oxygen atoms in total. The van der Waals surface area contributed by atoms with E-state index in [2.05, 4.69) is 11.8 Å². The van der Waals surface area contributed by atoms with E-state index in [4.69, 9.17) is 5.73 Å². The summed E-state index contributed by atoms with van der Waals surface area (Å²) < 4.78 is 11.4. The van der Waals surface area contributed by atoms with Gasteiger partial charge in [-0.1, -0.05) is 19.8 Å². The fourth-order valence-corrected chi connectivity index (χ4v) is 4.58. The van der Waals surface area contributed by atoms with Crippen molar-refractivity contribution in [1.82, 2.24) is 4.90 Å². The molecule has 1 saturated heterocycles. The molecule has 0 amide bonds. The summed E-state index contributed by atoms with van der Waals surface area (Å²) in [6.07, 6.45) is 6.52. The molecule has 0 aromatic carbocycles. The molecule has 2 rings (SSSR count). The molecule has 2 fully saturated rings. The summed E-state index contributed by atoms with van der Waals surface area (Å²) in [7, 11) is -0.559. The van der Waals surface area contributed by atoms with Crippen LogP contribution in [0.3, 0.4) is 0 Å². The second-order valence-corrected chi connectivity index (χ2v) is 7.74. The third kappa shape index (κ3) is 4.04. The van der Waals surface area contributed by atoms with E-state index in [0.717, 1.165) is 37.1 Å². The second kappa shape index (κ2) is 7.01. The summed E-state index contributed by atoms with van der Waals surface area (Å²) >= 11 is 0. The van der Waals surface area contributed by atoms with Crippen LogP contribution < -0.4 is 5.73 Å². The molecule has 4 heteroatoms. The van der Waals surface area contributed by atoms with Crippen molar-refractivity contribution < 1.29 is 4.21 Å². The fourth-order valence-electron chi connectivity index (χ4n) is 3.45. The Morgan fingerprint density at radius 3 is 2.67 bits per heavy atom. The predicted molar refractivity (Wildman–Crippen MR) is 78.0 cm³/mol. The summed E-state index contributed by atoms with van der Waals surface area (Å²) in [6, 6.07) is 0.394. The average molecular weight is 272 g/mol. The van der Waals surface area contributed by atoms with Gasteiger partial charge in [0.25, 0.3) is 0 Å². The van der Waals surface area contributed by atoms with Crippen molar-refractivity contribution in [1.29, 1.82) is 0 Å². The van der Waals surface area contributed by atoms with E-state index < -0.39 is 10.8 Å².